The molecule has 1 aromatic rings. The number of ether oxygens (including phenoxy) is 1. The lowest BCUT2D eigenvalue weighted by molar-refractivity contribution is 0.303. The minimum absolute atomic E-state index is 0.199. The van der Waals surface area contributed by atoms with Gasteiger partial charge in [0.25, 0.3) is 0 Å². The van der Waals surface area contributed by atoms with Gasteiger partial charge in [0.05, 0.1) is 7.11 Å². The molecule has 0 aliphatic heterocycles. The summed E-state index contributed by atoms with van der Waals surface area (Å²) >= 11 is 0. The Morgan fingerprint density at radius 1 is 1.27 bits per heavy atom. The van der Waals surface area contributed by atoms with Crippen LogP contribution in [-0.4, -0.2) is 18.8 Å². The minimum Gasteiger partial charge on any atom is -0.497 e. The van der Waals surface area contributed by atoms with E-state index in [1.54, 1.807) is 7.11 Å². The van der Waals surface area contributed by atoms with Gasteiger partial charge in [0, 0.05) is 6.61 Å². The Kier molecular flexibility index (Phi) is 4.37. The fraction of sp³-hybridized carbons (Fsp3) is 0.385. The number of aliphatic hydroxyl groups is 1. The fourth-order valence-electron chi connectivity index (χ4n) is 1.59. The van der Waals surface area contributed by atoms with Gasteiger partial charge in [-0.3, -0.25) is 0 Å². The second-order valence-corrected chi connectivity index (χ2v) is 3.59. The zero-order chi connectivity index (χ0) is 11.3. The van der Waals surface area contributed by atoms with Gasteiger partial charge in [-0.25, -0.2) is 0 Å². The molecule has 0 bridgehead atoms. The van der Waals surface area contributed by atoms with Gasteiger partial charge in [0.15, 0.2) is 0 Å². The molecule has 0 fully saturated rings. The van der Waals surface area contributed by atoms with Crippen molar-refractivity contribution in [1.29, 1.82) is 0 Å². The number of hydrogen-bond acceptors (Lipinski definition) is 2. The van der Waals surface area contributed by atoms with Crippen molar-refractivity contribution in [3.05, 3.63) is 34.9 Å². The van der Waals surface area contributed by atoms with Crippen molar-refractivity contribution in [3.63, 3.8) is 0 Å². The van der Waals surface area contributed by atoms with E-state index in [0.717, 1.165) is 5.75 Å². The Balaban J connectivity index is 2.98. The zero-order valence-corrected chi connectivity index (χ0v) is 9.58. The standard InChI is InChI=1S/C13H18O2/c1-10-8-12(15-3)9-11(2)13(10)6-4-5-7-14/h4,6,8-9,14H,5,7H2,1-3H3. The maximum Gasteiger partial charge on any atom is 0.119 e. The average Bonchev–Trinajstić information content (AvgIpc) is 2.22. The highest BCUT2D eigenvalue weighted by Gasteiger charge is 2.01. The lowest BCUT2D eigenvalue weighted by Crippen LogP contribution is -1.90. The van der Waals surface area contributed by atoms with E-state index in [9.17, 15) is 0 Å². The van der Waals surface area contributed by atoms with Crippen molar-refractivity contribution in [2.45, 2.75) is 20.3 Å². The molecular weight excluding hydrogens is 188 g/mol. The van der Waals surface area contributed by atoms with Crippen LogP contribution in [0, 0.1) is 13.8 Å². The molecule has 1 rings (SSSR count). The molecule has 1 N–H and O–H groups in total. The van der Waals surface area contributed by atoms with Gasteiger partial charge >= 0.3 is 0 Å². The number of aliphatic hydroxyl groups excluding tert-OH is 1. The Labute approximate surface area is 91.2 Å². The summed E-state index contributed by atoms with van der Waals surface area (Å²) in [5, 5.41) is 8.69. The zero-order valence-electron chi connectivity index (χ0n) is 9.58. The molecule has 2 nitrogen and oxygen atoms in total. The lowest BCUT2D eigenvalue weighted by atomic mass is 10.0. The van der Waals surface area contributed by atoms with Crippen molar-refractivity contribution in [1.82, 2.24) is 0 Å². The van der Waals surface area contributed by atoms with Crippen LogP contribution in [0.1, 0.15) is 23.1 Å². The van der Waals surface area contributed by atoms with E-state index in [4.69, 9.17) is 9.84 Å². The van der Waals surface area contributed by atoms with Crippen LogP contribution in [0.2, 0.25) is 0 Å². The van der Waals surface area contributed by atoms with Crippen LogP contribution in [0.3, 0.4) is 0 Å². The van der Waals surface area contributed by atoms with E-state index in [0.29, 0.717) is 6.42 Å². The molecule has 0 saturated carbocycles. The molecule has 0 aliphatic carbocycles. The fourth-order valence-corrected chi connectivity index (χ4v) is 1.59. The van der Waals surface area contributed by atoms with Gasteiger partial charge in [-0.1, -0.05) is 12.2 Å². The first-order valence-electron chi connectivity index (χ1n) is 5.11. The van der Waals surface area contributed by atoms with Gasteiger partial charge in [-0.2, -0.15) is 0 Å². The predicted octanol–water partition coefficient (Wildman–Crippen LogP) is 2.71. The number of rotatable bonds is 4. The Morgan fingerprint density at radius 2 is 1.87 bits per heavy atom. The first-order valence-corrected chi connectivity index (χ1v) is 5.11. The maximum atomic E-state index is 8.69. The average molecular weight is 206 g/mol. The summed E-state index contributed by atoms with van der Waals surface area (Å²) in [6, 6.07) is 4.04. The molecule has 0 aliphatic rings. The van der Waals surface area contributed by atoms with E-state index in [1.165, 1.54) is 16.7 Å². The lowest BCUT2D eigenvalue weighted by Gasteiger charge is -2.08. The monoisotopic (exact) mass is 206 g/mol. The van der Waals surface area contributed by atoms with E-state index in [-0.39, 0.29) is 6.61 Å². The van der Waals surface area contributed by atoms with Gasteiger partial charge in [-0.05, 0) is 49.1 Å². The molecule has 0 heterocycles. The van der Waals surface area contributed by atoms with Crippen LogP contribution >= 0.6 is 0 Å². The summed E-state index contributed by atoms with van der Waals surface area (Å²) in [6.07, 6.45) is 4.74. The third-order valence-electron chi connectivity index (χ3n) is 2.38. The van der Waals surface area contributed by atoms with E-state index >= 15 is 0 Å². The molecule has 0 radical (unpaired) electrons. The molecule has 0 aromatic heterocycles. The molecule has 15 heavy (non-hydrogen) atoms. The van der Waals surface area contributed by atoms with Gasteiger partial charge in [0.1, 0.15) is 5.75 Å². The SMILES string of the molecule is COc1cc(C)c(C=CCCO)c(C)c1. The van der Waals surface area contributed by atoms with Crippen LogP contribution in [0.15, 0.2) is 18.2 Å². The van der Waals surface area contributed by atoms with Gasteiger partial charge in [0.2, 0.25) is 0 Å². The first-order chi connectivity index (χ1) is 7.19. The van der Waals surface area contributed by atoms with Crippen molar-refractivity contribution < 1.29 is 9.84 Å². The summed E-state index contributed by atoms with van der Waals surface area (Å²) in [7, 11) is 1.68. The van der Waals surface area contributed by atoms with E-state index in [2.05, 4.69) is 19.9 Å². The molecule has 82 valence electrons. The van der Waals surface area contributed by atoms with Crippen LogP contribution in [0.25, 0.3) is 6.08 Å². The second kappa shape index (κ2) is 5.56. The summed E-state index contributed by atoms with van der Waals surface area (Å²) in [4.78, 5) is 0. The van der Waals surface area contributed by atoms with Crippen molar-refractivity contribution >= 4 is 6.08 Å². The summed E-state index contributed by atoms with van der Waals surface area (Å²) < 4.78 is 5.19. The molecule has 0 saturated heterocycles. The van der Waals surface area contributed by atoms with Crippen LogP contribution < -0.4 is 4.74 Å². The van der Waals surface area contributed by atoms with Crippen molar-refractivity contribution in [2.75, 3.05) is 13.7 Å². The molecule has 0 spiro atoms. The third-order valence-corrected chi connectivity index (χ3v) is 2.38. The number of hydrogen-bond donors (Lipinski definition) is 1. The maximum absolute atomic E-state index is 8.69. The Bertz CT molecular complexity index is 331. The smallest absolute Gasteiger partial charge is 0.119 e. The highest BCUT2D eigenvalue weighted by atomic mass is 16.5. The largest absolute Gasteiger partial charge is 0.497 e. The van der Waals surface area contributed by atoms with Crippen LogP contribution in [-0.2, 0) is 0 Å². The van der Waals surface area contributed by atoms with Gasteiger partial charge in [-0.15, -0.1) is 0 Å². The van der Waals surface area contributed by atoms with E-state index < -0.39 is 0 Å². The van der Waals surface area contributed by atoms with Crippen LogP contribution in [0.4, 0.5) is 0 Å². The van der Waals surface area contributed by atoms with Crippen molar-refractivity contribution in [3.8, 4) is 5.75 Å². The molecular formula is C13H18O2. The number of benzene rings is 1. The third kappa shape index (κ3) is 3.10. The quantitative estimate of drug-likeness (QED) is 0.820. The Morgan fingerprint density at radius 3 is 2.33 bits per heavy atom. The normalized spacial score (nSPS) is 10.9. The highest BCUT2D eigenvalue weighted by Crippen LogP contribution is 2.22. The van der Waals surface area contributed by atoms with Crippen molar-refractivity contribution in [2.24, 2.45) is 0 Å². The number of aryl methyl sites for hydroxylation is 2. The second-order valence-electron chi connectivity index (χ2n) is 3.59. The topological polar surface area (TPSA) is 29.5 Å². The summed E-state index contributed by atoms with van der Waals surface area (Å²) in [5.74, 6) is 0.893. The Hall–Kier alpha value is -1.28. The van der Waals surface area contributed by atoms with Crippen LogP contribution in [0.5, 0.6) is 5.75 Å². The van der Waals surface area contributed by atoms with Gasteiger partial charge < -0.3 is 9.84 Å². The van der Waals surface area contributed by atoms with E-state index in [1.807, 2.05) is 18.2 Å². The minimum atomic E-state index is 0.199. The highest BCUT2D eigenvalue weighted by molar-refractivity contribution is 5.59. The molecule has 1 aromatic carbocycles. The molecule has 2 heteroatoms. The number of methoxy groups -OCH3 is 1. The molecule has 0 unspecified atom stereocenters. The molecule has 0 atom stereocenters. The molecule has 0 amide bonds. The first kappa shape index (κ1) is 11.8. The summed E-state index contributed by atoms with van der Waals surface area (Å²) in [6.45, 7) is 4.33. The summed E-state index contributed by atoms with van der Waals surface area (Å²) in [5.41, 5.74) is 3.60. The predicted molar refractivity (Wildman–Crippen MR) is 63.2 cm³/mol.